The van der Waals surface area contributed by atoms with Crippen LogP contribution in [-0.4, -0.2) is 31.5 Å². The zero-order valence-corrected chi connectivity index (χ0v) is 11.4. The van der Waals surface area contributed by atoms with Crippen molar-refractivity contribution in [1.29, 1.82) is 0 Å². The van der Waals surface area contributed by atoms with Crippen LogP contribution in [0.3, 0.4) is 0 Å². The quantitative estimate of drug-likeness (QED) is 0.819. The maximum Gasteiger partial charge on any atom is 0.253 e. The highest BCUT2D eigenvalue weighted by Crippen LogP contribution is 2.19. The largest absolute Gasteiger partial charge is 0.383 e. The zero-order valence-electron chi connectivity index (χ0n) is 9.88. The number of hydrogen-bond donors (Lipinski definition) is 1. The Balaban J connectivity index is 2.77. The van der Waals surface area contributed by atoms with Gasteiger partial charge in [-0.05, 0) is 18.6 Å². The van der Waals surface area contributed by atoms with Crippen LogP contribution in [0.1, 0.15) is 16.8 Å². The van der Waals surface area contributed by atoms with Crippen LogP contribution in [0.5, 0.6) is 0 Å². The lowest BCUT2D eigenvalue weighted by molar-refractivity contribution is 0.0895. The van der Waals surface area contributed by atoms with E-state index >= 15 is 0 Å². The van der Waals surface area contributed by atoms with Gasteiger partial charge in [-0.3, -0.25) is 4.79 Å². The number of carbonyl (C=O) groups excluding carboxylic acids is 1. The van der Waals surface area contributed by atoms with Crippen LogP contribution in [0, 0.1) is 5.82 Å². The number of rotatable bonds is 6. The molecule has 3 nitrogen and oxygen atoms in total. The van der Waals surface area contributed by atoms with Crippen LogP contribution in [0.15, 0.2) is 18.2 Å². The molecule has 1 aromatic carbocycles. The van der Waals surface area contributed by atoms with Gasteiger partial charge >= 0.3 is 0 Å². The molecule has 18 heavy (non-hydrogen) atoms. The summed E-state index contributed by atoms with van der Waals surface area (Å²) in [5, 5.41) is 2.52. The molecule has 0 fully saturated rings. The van der Waals surface area contributed by atoms with E-state index in [1.165, 1.54) is 25.3 Å². The van der Waals surface area contributed by atoms with Gasteiger partial charge in [-0.2, -0.15) is 0 Å². The van der Waals surface area contributed by atoms with Crippen molar-refractivity contribution < 1.29 is 13.9 Å². The molecule has 6 heteroatoms. The molecule has 1 rings (SSSR count). The van der Waals surface area contributed by atoms with E-state index in [4.69, 9.17) is 27.9 Å². The molecule has 0 bridgehead atoms. The standard InChI is InChI=1S/C12H14Cl2FNO2/c1-18-7-8(5-6-13)16-12(17)9-3-2-4-10(15)11(9)14/h2-4,8H,5-7H2,1H3,(H,16,17). The van der Waals surface area contributed by atoms with Crippen molar-refractivity contribution in [3.8, 4) is 0 Å². The fraction of sp³-hybridized carbons (Fsp3) is 0.417. The SMILES string of the molecule is COCC(CCCl)NC(=O)c1cccc(F)c1Cl. The minimum atomic E-state index is -0.620. The Kier molecular flexibility index (Phi) is 6.39. The first-order valence-corrected chi connectivity index (χ1v) is 6.31. The van der Waals surface area contributed by atoms with Gasteiger partial charge in [0.1, 0.15) is 5.82 Å². The molecule has 0 saturated heterocycles. The van der Waals surface area contributed by atoms with Gasteiger partial charge < -0.3 is 10.1 Å². The predicted octanol–water partition coefficient (Wildman–Crippen LogP) is 2.85. The van der Waals surface area contributed by atoms with Gasteiger partial charge in [-0.15, -0.1) is 11.6 Å². The molecule has 0 heterocycles. The normalized spacial score (nSPS) is 12.2. The number of amides is 1. The Morgan fingerprint density at radius 2 is 2.28 bits per heavy atom. The summed E-state index contributed by atoms with van der Waals surface area (Å²) in [7, 11) is 1.53. The summed E-state index contributed by atoms with van der Waals surface area (Å²) in [4.78, 5) is 11.9. The first kappa shape index (κ1) is 15.2. The van der Waals surface area contributed by atoms with Crippen molar-refractivity contribution in [2.24, 2.45) is 0 Å². The highest BCUT2D eigenvalue weighted by Gasteiger charge is 2.17. The van der Waals surface area contributed by atoms with Crippen LogP contribution in [0.4, 0.5) is 4.39 Å². The maximum absolute atomic E-state index is 13.2. The number of hydrogen-bond acceptors (Lipinski definition) is 2. The highest BCUT2D eigenvalue weighted by molar-refractivity contribution is 6.34. The smallest absolute Gasteiger partial charge is 0.253 e. The molecule has 1 unspecified atom stereocenters. The van der Waals surface area contributed by atoms with E-state index in [9.17, 15) is 9.18 Å². The summed E-state index contributed by atoms with van der Waals surface area (Å²) in [5.74, 6) is -0.665. The number of alkyl halides is 1. The monoisotopic (exact) mass is 293 g/mol. The molecule has 0 spiro atoms. The minimum absolute atomic E-state index is 0.104. The van der Waals surface area contributed by atoms with Crippen molar-refractivity contribution >= 4 is 29.1 Å². The molecule has 0 saturated carbocycles. The van der Waals surface area contributed by atoms with Crippen LogP contribution < -0.4 is 5.32 Å². The topological polar surface area (TPSA) is 38.3 Å². The van der Waals surface area contributed by atoms with Gasteiger partial charge in [-0.25, -0.2) is 4.39 Å². The number of carbonyl (C=O) groups is 1. The Hall–Kier alpha value is -0.840. The molecule has 0 aromatic heterocycles. The van der Waals surface area contributed by atoms with Crippen LogP contribution in [0.25, 0.3) is 0 Å². The van der Waals surface area contributed by atoms with Gasteiger partial charge in [-0.1, -0.05) is 17.7 Å². The molecule has 0 aliphatic carbocycles. The second-order valence-corrected chi connectivity index (χ2v) is 4.46. The van der Waals surface area contributed by atoms with Crippen LogP contribution in [-0.2, 0) is 4.74 Å². The molecule has 1 N–H and O–H groups in total. The number of ether oxygens (including phenoxy) is 1. The second kappa shape index (κ2) is 7.56. The van der Waals surface area contributed by atoms with Crippen molar-refractivity contribution in [2.75, 3.05) is 19.6 Å². The van der Waals surface area contributed by atoms with Crippen LogP contribution >= 0.6 is 23.2 Å². The second-order valence-electron chi connectivity index (χ2n) is 3.70. The van der Waals surface area contributed by atoms with E-state index in [0.29, 0.717) is 18.9 Å². The average Bonchev–Trinajstić information content (AvgIpc) is 2.33. The maximum atomic E-state index is 13.2. The molecular weight excluding hydrogens is 280 g/mol. The molecule has 1 amide bonds. The summed E-state index contributed by atoms with van der Waals surface area (Å²) in [6.07, 6.45) is 0.564. The minimum Gasteiger partial charge on any atom is -0.383 e. The molecule has 0 radical (unpaired) electrons. The molecular formula is C12H14Cl2FNO2. The van der Waals surface area contributed by atoms with Crippen molar-refractivity contribution in [3.63, 3.8) is 0 Å². The fourth-order valence-electron chi connectivity index (χ4n) is 1.47. The lowest BCUT2D eigenvalue weighted by Gasteiger charge is -2.17. The van der Waals surface area contributed by atoms with E-state index in [-0.39, 0.29) is 16.6 Å². The number of halogens is 3. The van der Waals surface area contributed by atoms with E-state index in [1.54, 1.807) is 0 Å². The molecule has 0 aliphatic rings. The Labute approximate surface area is 115 Å². The Morgan fingerprint density at radius 3 is 2.89 bits per heavy atom. The van der Waals surface area contributed by atoms with E-state index in [2.05, 4.69) is 5.32 Å². The summed E-state index contributed by atoms with van der Waals surface area (Å²) < 4.78 is 18.2. The Bertz CT molecular complexity index is 409. The van der Waals surface area contributed by atoms with Crippen molar-refractivity contribution in [2.45, 2.75) is 12.5 Å². The first-order valence-electron chi connectivity index (χ1n) is 5.40. The molecule has 0 aliphatic heterocycles. The molecule has 1 atom stereocenters. The summed E-state index contributed by atoms with van der Waals surface area (Å²) in [5.41, 5.74) is 0.104. The van der Waals surface area contributed by atoms with Gasteiger partial charge in [0.05, 0.1) is 23.2 Å². The van der Waals surface area contributed by atoms with Gasteiger partial charge in [0.2, 0.25) is 0 Å². The third kappa shape index (κ3) is 4.12. The molecule has 100 valence electrons. The zero-order chi connectivity index (χ0) is 13.5. The average molecular weight is 294 g/mol. The summed E-state index contributed by atoms with van der Waals surface area (Å²) in [6.45, 7) is 0.339. The third-order valence-corrected chi connectivity index (χ3v) is 2.96. The number of nitrogens with one attached hydrogen (secondary N) is 1. The van der Waals surface area contributed by atoms with Gasteiger partial charge in [0, 0.05) is 13.0 Å². The lowest BCUT2D eigenvalue weighted by atomic mass is 10.1. The van der Waals surface area contributed by atoms with Crippen LogP contribution in [0.2, 0.25) is 5.02 Å². The molecule has 1 aromatic rings. The lowest BCUT2D eigenvalue weighted by Crippen LogP contribution is -2.38. The van der Waals surface area contributed by atoms with Gasteiger partial charge in [0.15, 0.2) is 0 Å². The number of methoxy groups -OCH3 is 1. The highest BCUT2D eigenvalue weighted by atomic mass is 35.5. The first-order chi connectivity index (χ1) is 8.60. The predicted molar refractivity (Wildman–Crippen MR) is 69.9 cm³/mol. The van der Waals surface area contributed by atoms with E-state index in [0.717, 1.165) is 0 Å². The summed E-state index contributed by atoms with van der Waals surface area (Å²) in [6, 6.07) is 3.87. The van der Waals surface area contributed by atoms with Crippen molar-refractivity contribution in [3.05, 3.63) is 34.6 Å². The fourth-order valence-corrected chi connectivity index (χ4v) is 1.95. The summed E-state index contributed by atoms with van der Waals surface area (Å²) >= 11 is 11.4. The Morgan fingerprint density at radius 1 is 1.56 bits per heavy atom. The third-order valence-electron chi connectivity index (χ3n) is 2.36. The number of benzene rings is 1. The van der Waals surface area contributed by atoms with Crippen molar-refractivity contribution in [1.82, 2.24) is 5.32 Å². The van der Waals surface area contributed by atoms with E-state index < -0.39 is 11.7 Å². The van der Waals surface area contributed by atoms with E-state index in [1.807, 2.05) is 0 Å². The van der Waals surface area contributed by atoms with Gasteiger partial charge in [0.25, 0.3) is 5.91 Å².